The molecule has 28 heavy (non-hydrogen) atoms. The van der Waals surface area contributed by atoms with Crippen LogP contribution in [0.4, 0.5) is 0 Å². The zero-order valence-corrected chi connectivity index (χ0v) is 17.4. The summed E-state index contributed by atoms with van der Waals surface area (Å²) in [7, 11) is 1.98. The Morgan fingerprint density at radius 3 is 2.68 bits per heavy atom. The maximum Gasteiger partial charge on any atom is 0.241 e. The Hall–Kier alpha value is -1.77. The van der Waals surface area contributed by atoms with Gasteiger partial charge in [-0.05, 0) is 24.3 Å². The average molecular weight is 404 g/mol. The van der Waals surface area contributed by atoms with E-state index in [4.69, 9.17) is 4.52 Å². The largest absolute Gasteiger partial charge is 0.342 e. The molecule has 1 saturated carbocycles. The van der Waals surface area contributed by atoms with Crippen molar-refractivity contribution in [1.82, 2.24) is 24.8 Å². The third-order valence-electron chi connectivity index (χ3n) is 5.95. The zero-order chi connectivity index (χ0) is 19.3. The third kappa shape index (κ3) is 4.79. The minimum atomic E-state index is 0.262. The summed E-state index contributed by atoms with van der Waals surface area (Å²) in [6.45, 7) is 4.82. The maximum atomic E-state index is 12.6. The summed E-state index contributed by atoms with van der Waals surface area (Å²) in [5.41, 5.74) is 1.01. The van der Waals surface area contributed by atoms with Crippen LogP contribution in [0.1, 0.15) is 38.0 Å². The van der Waals surface area contributed by atoms with Crippen LogP contribution < -0.4 is 0 Å². The molecule has 1 amide bonds. The second-order valence-corrected chi connectivity index (χ2v) is 8.65. The number of hydrogen-bond acceptors (Lipinski definition) is 7. The van der Waals surface area contributed by atoms with Crippen LogP contribution in [-0.4, -0.2) is 76.6 Å². The van der Waals surface area contributed by atoms with Crippen molar-refractivity contribution >= 4 is 17.2 Å². The first-order chi connectivity index (χ1) is 13.7. The fourth-order valence-electron chi connectivity index (χ4n) is 4.10. The summed E-state index contributed by atoms with van der Waals surface area (Å²) in [4.78, 5) is 23.7. The van der Waals surface area contributed by atoms with Gasteiger partial charge >= 0.3 is 0 Å². The number of piperazine rings is 1. The molecule has 2 aromatic rings. The van der Waals surface area contributed by atoms with E-state index in [1.54, 1.807) is 11.3 Å². The topological polar surface area (TPSA) is 65.7 Å². The van der Waals surface area contributed by atoms with Crippen LogP contribution in [0.5, 0.6) is 0 Å². The van der Waals surface area contributed by atoms with Gasteiger partial charge in [0.1, 0.15) is 0 Å². The number of thiophene rings is 1. The molecule has 0 aromatic carbocycles. The van der Waals surface area contributed by atoms with Gasteiger partial charge in [0.25, 0.3) is 0 Å². The number of carbonyl (C=O) groups excluding carboxylic acids is 1. The molecule has 8 heteroatoms. The van der Waals surface area contributed by atoms with Crippen molar-refractivity contribution in [3.8, 4) is 11.4 Å². The van der Waals surface area contributed by atoms with Gasteiger partial charge in [-0.25, -0.2) is 0 Å². The number of hydrogen-bond donors (Lipinski definition) is 0. The number of rotatable bonds is 6. The standard InChI is InChI=1S/C20H29N5O2S/c1-23(17-5-3-2-4-6-17)19(26)14-25-10-8-24(9-11-25)13-18-21-20(22-27-18)16-7-12-28-15-16/h7,12,15,17H,2-6,8-11,13-14H2,1H3. The Kier molecular flexibility index (Phi) is 6.39. The van der Waals surface area contributed by atoms with Crippen LogP contribution in [0.3, 0.4) is 0 Å². The highest BCUT2D eigenvalue weighted by molar-refractivity contribution is 7.08. The Labute approximate surface area is 170 Å². The quantitative estimate of drug-likeness (QED) is 0.739. The lowest BCUT2D eigenvalue weighted by molar-refractivity contribution is -0.134. The first-order valence-corrected chi connectivity index (χ1v) is 11.2. The molecule has 3 heterocycles. The van der Waals surface area contributed by atoms with Crippen molar-refractivity contribution in [3.63, 3.8) is 0 Å². The minimum absolute atomic E-state index is 0.262. The van der Waals surface area contributed by atoms with Gasteiger partial charge in [-0.15, -0.1) is 0 Å². The number of carbonyl (C=O) groups is 1. The molecular weight excluding hydrogens is 374 g/mol. The number of amides is 1. The summed E-state index contributed by atoms with van der Waals surface area (Å²) in [6.07, 6.45) is 6.14. The van der Waals surface area contributed by atoms with Gasteiger partial charge in [0.15, 0.2) is 0 Å². The Morgan fingerprint density at radius 1 is 1.21 bits per heavy atom. The van der Waals surface area contributed by atoms with E-state index in [2.05, 4.69) is 19.9 Å². The molecule has 1 saturated heterocycles. The van der Waals surface area contributed by atoms with E-state index in [0.29, 0.717) is 30.8 Å². The van der Waals surface area contributed by atoms with Gasteiger partial charge in [-0.3, -0.25) is 14.6 Å². The lowest BCUT2D eigenvalue weighted by Crippen LogP contribution is -2.50. The maximum absolute atomic E-state index is 12.6. The smallest absolute Gasteiger partial charge is 0.241 e. The van der Waals surface area contributed by atoms with Crippen LogP contribution in [-0.2, 0) is 11.3 Å². The third-order valence-corrected chi connectivity index (χ3v) is 6.63. The highest BCUT2D eigenvalue weighted by Gasteiger charge is 2.25. The van der Waals surface area contributed by atoms with Gasteiger partial charge in [0, 0.05) is 50.2 Å². The molecule has 0 bridgehead atoms. The predicted octanol–water partition coefficient (Wildman–Crippen LogP) is 2.71. The molecule has 0 N–H and O–H groups in total. The lowest BCUT2D eigenvalue weighted by atomic mass is 9.94. The van der Waals surface area contributed by atoms with E-state index in [1.165, 1.54) is 19.3 Å². The lowest BCUT2D eigenvalue weighted by Gasteiger charge is -2.36. The van der Waals surface area contributed by atoms with Gasteiger partial charge < -0.3 is 9.42 Å². The number of likely N-dealkylation sites (N-methyl/N-ethyl adjacent to an activating group) is 1. The summed E-state index contributed by atoms with van der Waals surface area (Å²) in [6, 6.07) is 2.44. The highest BCUT2D eigenvalue weighted by atomic mass is 32.1. The molecule has 4 rings (SSSR count). The molecular formula is C20H29N5O2S. The van der Waals surface area contributed by atoms with Crippen molar-refractivity contribution < 1.29 is 9.32 Å². The Balaban J connectivity index is 1.22. The molecule has 2 aliphatic rings. The predicted molar refractivity (Wildman–Crippen MR) is 109 cm³/mol. The normalized spacial score (nSPS) is 19.8. The van der Waals surface area contributed by atoms with Crippen molar-refractivity contribution in [2.45, 2.75) is 44.7 Å². The first-order valence-electron chi connectivity index (χ1n) is 10.2. The van der Waals surface area contributed by atoms with Gasteiger partial charge in [-0.1, -0.05) is 24.4 Å². The number of aromatic nitrogens is 2. The SMILES string of the molecule is CN(C(=O)CN1CCN(Cc2nc(-c3ccsc3)no2)CC1)C1CCCCC1. The minimum Gasteiger partial charge on any atom is -0.342 e. The molecule has 1 aliphatic heterocycles. The van der Waals surface area contributed by atoms with E-state index in [1.807, 2.05) is 28.8 Å². The van der Waals surface area contributed by atoms with Crippen molar-refractivity contribution in [2.75, 3.05) is 39.8 Å². The monoisotopic (exact) mass is 403 g/mol. The van der Waals surface area contributed by atoms with Crippen molar-refractivity contribution in [3.05, 3.63) is 22.7 Å². The van der Waals surface area contributed by atoms with Crippen molar-refractivity contribution in [2.24, 2.45) is 0 Å². The van der Waals surface area contributed by atoms with E-state index in [-0.39, 0.29) is 5.91 Å². The van der Waals surface area contributed by atoms with E-state index >= 15 is 0 Å². The van der Waals surface area contributed by atoms with Crippen LogP contribution >= 0.6 is 11.3 Å². The fraction of sp³-hybridized carbons (Fsp3) is 0.650. The molecule has 7 nitrogen and oxygen atoms in total. The molecule has 0 atom stereocenters. The second kappa shape index (κ2) is 9.15. The van der Waals surface area contributed by atoms with Crippen LogP contribution in [0.15, 0.2) is 21.3 Å². The Bertz CT molecular complexity index is 748. The molecule has 152 valence electrons. The zero-order valence-electron chi connectivity index (χ0n) is 16.5. The summed E-state index contributed by atoms with van der Waals surface area (Å²) >= 11 is 1.63. The first kappa shape index (κ1) is 19.5. The summed E-state index contributed by atoms with van der Waals surface area (Å²) < 4.78 is 5.41. The van der Waals surface area contributed by atoms with Gasteiger partial charge in [0.05, 0.1) is 13.1 Å². The van der Waals surface area contributed by atoms with E-state index in [0.717, 1.165) is 44.6 Å². The summed E-state index contributed by atoms with van der Waals surface area (Å²) in [5, 5.41) is 8.11. The van der Waals surface area contributed by atoms with Crippen LogP contribution in [0.25, 0.3) is 11.4 Å². The fourth-order valence-corrected chi connectivity index (χ4v) is 4.73. The van der Waals surface area contributed by atoms with Crippen LogP contribution in [0, 0.1) is 0 Å². The molecule has 0 spiro atoms. The molecule has 1 aliphatic carbocycles. The number of nitrogens with zero attached hydrogens (tertiary/aromatic N) is 5. The summed E-state index contributed by atoms with van der Waals surface area (Å²) in [5.74, 6) is 1.58. The second-order valence-electron chi connectivity index (χ2n) is 7.87. The Morgan fingerprint density at radius 2 is 1.96 bits per heavy atom. The molecule has 2 aromatic heterocycles. The van der Waals surface area contributed by atoms with Crippen molar-refractivity contribution in [1.29, 1.82) is 0 Å². The average Bonchev–Trinajstić information content (AvgIpc) is 3.41. The van der Waals surface area contributed by atoms with E-state index in [9.17, 15) is 4.79 Å². The van der Waals surface area contributed by atoms with E-state index < -0.39 is 0 Å². The van der Waals surface area contributed by atoms with Crippen LogP contribution in [0.2, 0.25) is 0 Å². The van der Waals surface area contributed by atoms with Gasteiger partial charge in [-0.2, -0.15) is 16.3 Å². The molecule has 2 fully saturated rings. The highest BCUT2D eigenvalue weighted by Crippen LogP contribution is 2.22. The van der Waals surface area contributed by atoms with Gasteiger partial charge in [0.2, 0.25) is 17.6 Å². The molecule has 0 unspecified atom stereocenters. The molecule has 0 radical (unpaired) electrons.